The number of aromatic nitrogens is 2. The van der Waals surface area contributed by atoms with E-state index in [4.69, 9.17) is 0 Å². The van der Waals surface area contributed by atoms with Gasteiger partial charge >= 0.3 is 5.97 Å². The molecule has 6 nitrogen and oxygen atoms in total. The summed E-state index contributed by atoms with van der Waals surface area (Å²) in [7, 11) is 0. The number of hydrogen-bond donors (Lipinski definition) is 2. The smallest absolute Gasteiger partial charge is 0.306 e. The van der Waals surface area contributed by atoms with Crippen molar-refractivity contribution in [3.63, 3.8) is 0 Å². The number of anilines is 1. The minimum Gasteiger partial charge on any atom is -0.481 e. The van der Waals surface area contributed by atoms with Crippen LogP contribution < -0.4 is 5.32 Å². The largest absolute Gasteiger partial charge is 0.481 e. The fraction of sp³-hybridized carbons (Fsp3) is 0.421. The minimum atomic E-state index is -0.831. The van der Waals surface area contributed by atoms with E-state index in [2.05, 4.69) is 10.4 Å². The van der Waals surface area contributed by atoms with Gasteiger partial charge in [0.25, 0.3) is 0 Å². The maximum atomic E-state index is 12.2. The van der Waals surface area contributed by atoms with Gasteiger partial charge in [-0.3, -0.25) is 9.59 Å². The summed E-state index contributed by atoms with van der Waals surface area (Å²) < 4.78 is 1.68. The van der Waals surface area contributed by atoms with Crippen LogP contribution >= 0.6 is 0 Å². The summed E-state index contributed by atoms with van der Waals surface area (Å²) in [4.78, 5) is 23.6. The van der Waals surface area contributed by atoms with Gasteiger partial charge in [-0.1, -0.05) is 44.9 Å². The lowest BCUT2D eigenvalue weighted by Gasteiger charge is -2.19. The van der Waals surface area contributed by atoms with E-state index in [0.29, 0.717) is 12.2 Å². The number of hydrogen-bond acceptors (Lipinski definition) is 3. The maximum absolute atomic E-state index is 12.2. The molecule has 1 amide bonds. The zero-order valence-corrected chi connectivity index (χ0v) is 14.7. The highest BCUT2D eigenvalue weighted by Crippen LogP contribution is 2.22. The minimum absolute atomic E-state index is 0.166. The number of amides is 1. The Morgan fingerprint density at radius 3 is 2.60 bits per heavy atom. The monoisotopic (exact) mass is 343 g/mol. The van der Waals surface area contributed by atoms with Gasteiger partial charge in [-0.25, -0.2) is 4.68 Å². The number of carboxylic acid groups (broad SMARTS) is 1. The first-order chi connectivity index (χ1) is 12.0. The van der Waals surface area contributed by atoms with Crippen molar-refractivity contribution in [1.29, 1.82) is 0 Å². The standard InChI is InChI=1S/C19H25N3O3/c1-3-4-10-16(19(24)25)14(2)13-18(23)20-17-11-12-22(21-17)15-8-6-5-7-9-15/h5-9,11-12,14,16H,3-4,10,13H2,1-2H3,(H,24,25)(H,20,21,23)/t14-,16+/m1/s1. The second kappa shape index (κ2) is 9.01. The Balaban J connectivity index is 1.93. The number of nitrogens with zero attached hydrogens (tertiary/aromatic N) is 2. The predicted octanol–water partition coefficient (Wildman–Crippen LogP) is 3.73. The fourth-order valence-corrected chi connectivity index (χ4v) is 2.82. The molecule has 6 heteroatoms. The van der Waals surface area contributed by atoms with E-state index >= 15 is 0 Å². The van der Waals surface area contributed by atoms with Crippen molar-refractivity contribution in [2.24, 2.45) is 11.8 Å². The summed E-state index contributed by atoms with van der Waals surface area (Å²) >= 11 is 0. The molecule has 0 bridgehead atoms. The summed E-state index contributed by atoms with van der Waals surface area (Å²) in [6.07, 6.45) is 4.33. The van der Waals surface area contributed by atoms with E-state index in [1.807, 2.05) is 44.2 Å². The van der Waals surface area contributed by atoms with Gasteiger partial charge < -0.3 is 10.4 Å². The van der Waals surface area contributed by atoms with Gasteiger partial charge in [0.2, 0.25) is 5.91 Å². The summed E-state index contributed by atoms with van der Waals surface area (Å²) in [5, 5.41) is 16.4. The number of carbonyl (C=O) groups is 2. The number of aliphatic carboxylic acids is 1. The molecule has 2 aromatic rings. The third kappa shape index (κ3) is 5.45. The van der Waals surface area contributed by atoms with Crippen molar-refractivity contribution in [2.45, 2.75) is 39.5 Å². The first kappa shape index (κ1) is 18.7. The summed E-state index contributed by atoms with van der Waals surface area (Å²) in [6, 6.07) is 11.3. The fourth-order valence-electron chi connectivity index (χ4n) is 2.82. The molecule has 0 aliphatic heterocycles. The number of benzene rings is 1. The van der Waals surface area contributed by atoms with E-state index in [1.165, 1.54) is 0 Å². The molecule has 0 aliphatic rings. The third-order valence-corrected chi connectivity index (χ3v) is 4.26. The first-order valence-corrected chi connectivity index (χ1v) is 8.65. The Hall–Kier alpha value is -2.63. The summed E-state index contributed by atoms with van der Waals surface area (Å²) in [5.41, 5.74) is 0.905. The molecular weight excluding hydrogens is 318 g/mol. The molecular formula is C19H25N3O3. The van der Waals surface area contributed by atoms with Crippen molar-refractivity contribution in [2.75, 3.05) is 5.32 Å². The number of carboxylic acids is 1. The lowest BCUT2D eigenvalue weighted by atomic mass is 9.87. The average Bonchev–Trinajstić information content (AvgIpc) is 3.04. The molecule has 0 radical (unpaired) electrons. The molecule has 2 atom stereocenters. The molecule has 0 saturated heterocycles. The van der Waals surface area contributed by atoms with Crippen LogP contribution in [0.5, 0.6) is 0 Å². The molecule has 1 aromatic heterocycles. The van der Waals surface area contributed by atoms with Crippen LogP contribution in [0, 0.1) is 11.8 Å². The molecule has 1 heterocycles. The second-order valence-electron chi connectivity index (χ2n) is 6.30. The van der Waals surface area contributed by atoms with Crippen LogP contribution in [0.25, 0.3) is 5.69 Å². The van der Waals surface area contributed by atoms with Gasteiger partial charge in [0.05, 0.1) is 11.6 Å². The van der Waals surface area contributed by atoms with Gasteiger partial charge in [0, 0.05) is 18.7 Å². The summed E-state index contributed by atoms with van der Waals surface area (Å²) in [5.74, 6) is -1.30. The van der Waals surface area contributed by atoms with E-state index in [-0.39, 0.29) is 18.2 Å². The van der Waals surface area contributed by atoms with E-state index in [1.54, 1.807) is 16.9 Å². The van der Waals surface area contributed by atoms with Crippen LogP contribution in [0.1, 0.15) is 39.5 Å². The lowest BCUT2D eigenvalue weighted by molar-refractivity contribution is -0.144. The molecule has 0 spiro atoms. The SMILES string of the molecule is CCCC[C@H](C(=O)O)[C@H](C)CC(=O)Nc1ccn(-c2ccccc2)n1. The van der Waals surface area contributed by atoms with Crippen LogP contribution in [0.3, 0.4) is 0 Å². The van der Waals surface area contributed by atoms with Crippen LogP contribution in [-0.4, -0.2) is 26.8 Å². The van der Waals surface area contributed by atoms with Crippen molar-refractivity contribution >= 4 is 17.7 Å². The van der Waals surface area contributed by atoms with Crippen molar-refractivity contribution in [3.05, 3.63) is 42.6 Å². The first-order valence-electron chi connectivity index (χ1n) is 8.65. The normalized spacial score (nSPS) is 13.2. The van der Waals surface area contributed by atoms with Crippen LogP contribution in [-0.2, 0) is 9.59 Å². The molecule has 2 N–H and O–H groups in total. The predicted molar refractivity (Wildman–Crippen MR) is 96.6 cm³/mol. The quantitative estimate of drug-likeness (QED) is 0.726. The highest BCUT2D eigenvalue weighted by atomic mass is 16.4. The Kier molecular flexibility index (Phi) is 6.74. The molecule has 134 valence electrons. The number of para-hydroxylation sites is 1. The van der Waals surface area contributed by atoms with Crippen LogP contribution in [0.4, 0.5) is 5.82 Å². The van der Waals surface area contributed by atoms with Crippen LogP contribution in [0.2, 0.25) is 0 Å². The molecule has 25 heavy (non-hydrogen) atoms. The van der Waals surface area contributed by atoms with Crippen LogP contribution in [0.15, 0.2) is 42.6 Å². The van der Waals surface area contributed by atoms with Gasteiger partial charge in [-0.05, 0) is 24.5 Å². The molecule has 0 unspecified atom stereocenters. The molecule has 0 fully saturated rings. The average molecular weight is 343 g/mol. The second-order valence-corrected chi connectivity index (χ2v) is 6.30. The Labute approximate surface area is 147 Å². The van der Waals surface area contributed by atoms with Gasteiger partial charge in [-0.2, -0.15) is 5.10 Å². The number of nitrogens with one attached hydrogen (secondary N) is 1. The molecule has 1 aromatic carbocycles. The zero-order valence-electron chi connectivity index (χ0n) is 14.7. The molecule has 0 saturated carbocycles. The number of rotatable bonds is 9. The third-order valence-electron chi connectivity index (χ3n) is 4.26. The van der Waals surface area contributed by atoms with E-state index < -0.39 is 11.9 Å². The zero-order chi connectivity index (χ0) is 18.2. The maximum Gasteiger partial charge on any atom is 0.306 e. The summed E-state index contributed by atoms with van der Waals surface area (Å²) in [6.45, 7) is 3.84. The van der Waals surface area contributed by atoms with Gasteiger partial charge in [0.15, 0.2) is 5.82 Å². The molecule has 0 aliphatic carbocycles. The Morgan fingerprint density at radius 1 is 1.24 bits per heavy atom. The van der Waals surface area contributed by atoms with E-state index in [9.17, 15) is 14.7 Å². The highest BCUT2D eigenvalue weighted by molar-refractivity contribution is 5.90. The lowest BCUT2D eigenvalue weighted by Crippen LogP contribution is -2.26. The van der Waals surface area contributed by atoms with Crippen molar-refractivity contribution < 1.29 is 14.7 Å². The van der Waals surface area contributed by atoms with Gasteiger partial charge in [-0.15, -0.1) is 0 Å². The highest BCUT2D eigenvalue weighted by Gasteiger charge is 2.26. The van der Waals surface area contributed by atoms with E-state index in [0.717, 1.165) is 18.5 Å². The van der Waals surface area contributed by atoms with Gasteiger partial charge in [0.1, 0.15) is 0 Å². The van der Waals surface area contributed by atoms with Crippen molar-refractivity contribution in [3.8, 4) is 5.69 Å². The number of carbonyl (C=O) groups excluding carboxylic acids is 1. The topological polar surface area (TPSA) is 84.2 Å². The number of unbranched alkanes of at least 4 members (excludes halogenated alkanes) is 1. The Bertz CT molecular complexity index is 697. The Morgan fingerprint density at radius 2 is 1.96 bits per heavy atom. The molecule has 2 rings (SSSR count). The van der Waals surface area contributed by atoms with Crippen molar-refractivity contribution in [1.82, 2.24) is 9.78 Å².